The van der Waals surface area contributed by atoms with E-state index in [0.29, 0.717) is 4.47 Å². The molecule has 1 amide bonds. The number of halogens is 2. The molecule has 122 valence electrons. The van der Waals surface area contributed by atoms with Gasteiger partial charge in [-0.2, -0.15) is 0 Å². The number of hydrogen-bond acceptors (Lipinski definition) is 3. The Labute approximate surface area is 138 Å². The van der Waals surface area contributed by atoms with Crippen LogP contribution in [0.25, 0.3) is 0 Å². The van der Waals surface area contributed by atoms with Crippen molar-refractivity contribution in [1.82, 2.24) is 4.90 Å². The summed E-state index contributed by atoms with van der Waals surface area (Å²) in [6.07, 6.45) is -0.938. The molecule has 1 aromatic carbocycles. The van der Waals surface area contributed by atoms with Gasteiger partial charge in [0.25, 0.3) is 5.91 Å². The molecule has 0 radical (unpaired) electrons. The van der Waals surface area contributed by atoms with Crippen LogP contribution in [0.4, 0.5) is 4.39 Å². The van der Waals surface area contributed by atoms with E-state index in [1.807, 2.05) is 27.7 Å². The largest absolute Gasteiger partial charge is 0.449 e. The maximum atomic E-state index is 13.2. The predicted molar refractivity (Wildman–Crippen MR) is 86.1 cm³/mol. The van der Waals surface area contributed by atoms with E-state index in [4.69, 9.17) is 4.74 Å². The van der Waals surface area contributed by atoms with Gasteiger partial charge in [0, 0.05) is 16.6 Å². The third-order valence-electron chi connectivity index (χ3n) is 3.15. The van der Waals surface area contributed by atoms with E-state index in [1.54, 1.807) is 4.90 Å². The highest BCUT2D eigenvalue weighted by molar-refractivity contribution is 9.10. The van der Waals surface area contributed by atoms with Crippen LogP contribution in [0.2, 0.25) is 0 Å². The Morgan fingerprint density at radius 1 is 1.14 bits per heavy atom. The van der Waals surface area contributed by atoms with Gasteiger partial charge in [0.2, 0.25) is 0 Å². The van der Waals surface area contributed by atoms with E-state index in [2.05, 4.69) is 15.9 Å². The Morgan fingerprint density at radius 3 is 2.18 bits per heavy atom. The van der Waals surface area contributed by atoms with Crippen molar-refractivity contribution in [3.05, 3.63) is 34.1 Å². The van der Waals surface area contributed by atoms with Gasteiger partial charge < -0.3 is 9.64 Å². The van der Waals surface area contributed by atoms with Crippen LogP contribution in [-0.4, -0.2) is 35.0 Å². The summed E-state index contributed by atoms with van der Waals surface area (Å²) in [5.74, 6) is -1.55. The minimum atomic E-state index is -0.938. The van der Waals surface area contributed by atoms with Crippen LogP contribution in [-0.2, 0) is 9.53 Å². The number of benzene rings is 1. The van der Waals surface area contributed by atoms with E-state index in [9.17, 15) is 14.0 Å². The minimum Gasteiger partial charge on any atom is -0.449 e. The molecule has 1 unspecified atom stereocenters. The summed E-state index contributed by atoms with van der Waals surface area (Å²) in [7, 11) is 0. The first-order valence-electron chi connectivity index (χ1n) is 7.13. The molecule has 0 heterocycles. The first kappa shape index (κ1) is 18.6. The molecule has 1 rings (SSSR count). The fraction of sp³-hybridized carbons (Fsp3) is 0.500. The SMILES string of the molecule is CC(OC(=O)c1cc(F)ccc1Br)C(=O)N(C(C)C)C(C)C. The monoisotopic (exact) mass is 373 g/mol. The van der Waals surface area contributed by atoms with Crippen LogP contribution in [0, 0.1) is 5.82 Å². The summed E-state index contributed by atoms with van der Waals surface area (Å²) in [4.78, 5) is 26.2. The molecule has 0 aliphatic rings. The lowest BCUT2D eigenvalue weighted by molar-refractivity contribution is -0.143. The van der Waals surface area contributed by atoms with Crippen molar-refractivity contribution in [2.24, 2.45) is 0 Å². The fourth-order valence-corrected chi connectivity index (χ4v) is 2.65. The molecule has 6 heteroatoms. The minimum absolute atomic E-state index is 0.00504. The molecule has 4 nitrogen and oxygen atoms in total. The van der Waals surface area contributed by atoms with Gasteiger partial charge in [0.05, 0.1) is 5.56 Å². The molecule has 0 saturated heterocycles. The molecular formula is C16H21BrFNO3. The smallest absolute Gasteiger partial charge is 0.340 e. The van der Waals surface area contributed by atoms with Crippen LogP contribution >= 0.6 is 15.9 Å². The topological polar surface area (TPSA) is 46.6 Å². The van der Waals surface area contributed by atoms with Crippen molar-refractivity contribution in [2.45, 2.75) is 52.8 Å². The number of ether oxygens (including phenoxy) is 1. The third kappa shape index (κ3) is 4.53. The zero-order valence-corrected chi connectivity index (χ0v) is 15.0. The summed E-state index contributed by atoms with van der Waals surface area (Å²) < 4.78 is 18.8. The van der Waals surface area contributed by atoms with Gasteiger partial charge in [0.1, 0.15) is 5.82 Å². The zero-order chi connectivity index (χ0) is 17.0. The quantitative estimate of drug-likeness (QED) is 0.737. The van der Waals surface area contributed by atoms with Crippen molar-refractivity contribution >= 4 is 27.8 Å². The molecule has 0 N–H and O–H groups in total. The average molecular weight is 374 g/mol. The number of nitrogens with zero attached hydrogens (tertiary/aromatic N) is 1. The first-order valence-corrected chi connectivity index (χ1v) is 7.92. The van der Waals surface area contributed by atoms with Crippen LogP contribution < -0.4 is 0 Å². The van der Waals surface area contributed by atoms with Gasteiger partial charge >= 0.3 is 5.97 Å². The van der Waals surface area contributed by atoms with E-state index in [0.717, 1.165) is 6.07 Å². The second-order valence-corrected chi connectivity index (χ2v) is 6.46. The van der Waals surface area contributed by atoms with Crippen molar-refractivity contribution in [3.63, 3.8) is 0 Å². The molecule has 22 heavy (non-hydrogen) atoms. The molecule has 0 aliphatic carbocycles. The zero-order valence-electron chi connectivity index (χ0n) is 13.4. The molecule has 0 fully saturated rings. The van der Waals surface area contributed by atoms with Crippen LogP contribution in [0.3, 0.4) is 0 Å². The lowest BCUT2D eigenvalue weighted by atomic mass is 10.2. The molecule has 0 saturated carbocycles. The number of rotatable bonds is 5. The lowest BCUT2D eigenvalue weighted by Crippen LogP contribution is -2.47. The fourth-order valence-electron chi connectivity index (χ4n) is 2.24. The Morgan fingerprint density at radius 2 is 1.68 bits per heavy atom. The highest BCUT2D eigenvalue weighted by atomic mass is 79.9. The van der Waals surface area contributed by atoms with Crippen LogP contribution in [0.15, 0.2) is 22.7 Å². The molecule has 0 bridgehead atoms. The standard InChI is InChI=1S/C16H21BrFNO3/c1-9(2)19(10(3)4)15(20)11(5)22-16(21)13-8-12(18)6-7-14(13)17/h6-11H,1-5H3. The van der Waals surface area contributed by atoms with Gasteiger partial charge in [-0.05, 0) is 68.7 Å². The molecule has 0 spiro atoms. The number of hydrogen-bond donors (Lipinski definition) is 0. The van der Waals surface area contributed by atoms with Crippen molar-refractivity contribution in [1.29, 1.82) is 0 Å². The molecule has 1 aromatic rings. The summed E-state index contributed by atoms with van der Waals surface area (Å²) in [5.41, 5.74) is 0.0558. The molecule has 0 aromatic heterocycles. The van der Waals surface area contributed by atoms with Crippen LogP contribution in [0.5, 0.6) is 0 Å². The molecular weight excluding hydrogens is 353 g/mol. The second kappa shape index (κ2) is 7.72. The maximum Gasteiger partial charge on any atom is 0.340 e. The lowest BCUT2D eigenvalue weighted by Gasteiger charge is -2.32. The normalized spacial score (nSPS) is 12.4. The maximum absolute atomic E-state index is 13.2. The Balaban J connectivity index is 2.87. The number of amides is 1. The number of carbonyl (C=O) groups is 2. The van der Waals surface area contributed by atoms with Crippen molar-refractivity contribution < 1.29 is 18.7 Å². The second-order valence-electron chi connectivity index (χ2n) is 5.60. The highest BCUT2D eigenvalue weighted by Crippen LogP contribution is 2.20. The van der Waals surface area contributed by atoms with Gasteiger partial charge in [-0.15, -0.1) is 0 Å². The van der Waals surface area contributed by atoms with Crippen molar-refractivity contribution in [2.75, 3.05) is 0 Å². The van der Waals surface area contributed by atoms with E-state index >= 15 is 0 Å². The van der Waals surface area contributed by atoms with Gasteiger partial charge in [-0.25, -0.2) is 9.18 Å². The number of esters is 1. The van der Waals surface area contributed by atoms with Gasteiger partial charge in [-0.3, -0.25) is 4.79 Å². The van der Waals surface area contributed by atoms with Crippen LogP contribution in [0.1, 0.15) is 45.0 Å². The van der Waals surface area contributed by atoms with E-state index in [-0.39, 0.29) is 23.6 Å². The molecule has 1 atom stereocenters. The summed E-state index contributed by atoms with van der Waals surface area (Å²) in [5, 5.41) is 0. The Kier molecular flexibility index (Phi) is 6.53. The third-order valence-corrected chi connectivity index (χ3v) is 3.84. The van der Waals surface area contributed by atoms with E-state index in [1.165, 1.54) is 19.1 Å². The Bertz CT molecular complexity index is 552. The summed E-state index contributed by atoms with van der Waals surface area (Å²) in [6, 6.07) is 3.72. The van der Waals surface area contributed by atoms with Gasteiger partial charge in [0.15, 0.2) is 6.10 Å². The molecule has 0 aliphatic heterocycles. The highest BCUT2D eigenvalue weighted by Gasteiger charge is 2.28. The first-order chi connectivity index (χ1) is 10.1. The predicted octanol–water partition coefficient (Wildman–Crippen LogP) is 3.78. The van der Waals surface area contributed by atoms with Gasteiger partial charge in [-0.1, -0.05) is 0 Å². The van der Waals surface area contributed by atoms with Crippen molar-refractivity contribution in [3.8, 4) is 0 Å². The Hall–Kier alpha value is -1.43. The average Bonchev–Trinajstić information content (AvgIpc) is 2.40. The summed E-state index contributed by atoms with van der Waals surface area (Å²) in [6.45, 7) is 9.11. The summed E-state index contributed by atoms with van der Waals surface area (Å²) >= 11 is 3.17. The van der Waals surface area contributed by atoms with E-state index < -0.39 is 17.9 Å². The number of carbonyl (C=O) groups excluding carboxylic acids is 2.